The molecule has 1 saturated carbocycles. The van der Waals surface area contributed by atoms with Gasteiger partial charge in [-0.3, -0.25) is 4.79 Å². The Hall–Kier alpha value is -1.13. The van der Waals surface area contributed by atoms with Crippen molar-refractivity contribution in [2.45, 2.75) is 20.3 Å². The van der Waals surface area contributed by atoms with Crippen LogP contribution in [0.1, 0.15) is 25.8 Å². The van der Waals surface area contributed by atoms with E-state index in [0.29, 0.717) is 16.3 Å². The fraction of sp³-hybridized carbons (Fsp3) is 0.385. The lowest BCUT2D eigenvalue weighted by molar-refractivity contribution is -0.118. The second-order valence-electron chi connectivity index (χ2n) is 5.29. The highest BCUT2D eigenvalue weighted by atomic mass is 35.5. The number of nitrogens with one attached hydrogen (secondary N) is 1. The molecule has 18 heavy (non-hydrogen) atoms. The smallest absolute Gasteiger partial charge is 0.228 e. The van der Waals surface area contributed by atoms with E-state index in [-0.39, 0.29) is 22.2 Å². The molecule has 5 heteroatoms. The Balaban J connectivity index is 2.21. The molecule has 3 N–H and O–H groups in total. The van der Waals surface area contributed by atoms with E-state index in [9.17, 15) is 4.79 Å². The van der Waals surface area contributed by atoms with Crippen molar-refractivity contribution < 1.29 is 4.79 Å². The molecule has 0 saturated heterocycles. The number of thiocarbonyl (C=S) groups is 1. The van der Waals surface area contributed by atoms with Gasteiger partial charge in [-0.15, -0.1) is 0 Å². The van der Waals surface area contributed by atoms with Crippen molar-refractivity contribution in [1.82, 2.24) is 0 Å². The number of rotatable bonds is 3. The molecule has 1 amide bonds. The van der Waals surface area contributed by atoms with Gasteiger partial charge in [0.1, 0.15) is 4.99 Å². The van der Waals surface area contributed by atoms with Gasteiger partial charge in [0.25, 0.3) is 0 Å². The van der Waals surface area contributed by atoms with E-state index in [4.69, 9.17) is 29.6 Å². The lowest BCUT2D eigenvalue weighted by Crippen LogP contribution is -2.20. The van der Waals surface area contributed by atoms with Crippen LogP contribution >= 0.6 is 23.8 Å². The van der Waals surface area contributed by atoms with Gasteiger partial charge in [0.15, 0.2) is 0 Å². The maximum Gasteiger partial charge on any atom is 0.228 e. The van der Waals surface area contributed by atoms with Gasteiger partial charge in [-0.1, -0.05) is 37.7 Å². The number of benzene rings is 1. The van der Waals surface area contributed by atoms with Crippen molar-refractivity contribution in [3.63, 3.8) is 0 Å². The monoisotopic (exact) mass is 282 g/mol. The fourth-order valence-corrected chi connectivity index (χ4v) is 2.32. The predicted molar refractivity (Wildman–Crippen MR) is 77.9 cm³/mol. The van der Waals surface area contributed by atoms with Gasteiger partial charge in [-0.25, -0.2) is 0 Å². The minimum Gasteiger partial charge on any atom is -0.389 e. The third-order valence-corrected chi connectivity index (χ3v) is 3.79. The SMILES string of the molecule is CC1(C)CC1C(=O)Nc1cc(Cl)ccc1C(N)=S. The van der Waals surface area contributed by atoms with Crippen LogP contribution in [0.2, 0.25) is 5.02 Å². The Morgan fingerprint density at radius 3 is 2.67 bits per heavy atom. The molecule has 96 valence electrons. The van der Waals surface area contributed by atoms with Crippen LogP contribution in [-0.4, -0.2) is 10.9 Å². The Morgan fingerprint density at radius 2 is 2.17 bits per heavy atom. The lowest BCUT2D eigenvalue weighted by atomic mass is 10.1. The standard InChI is InChI=1S/C13H15ClN2OS/c1-13(2)6-9(13)12(17)16-10-5-7(14)3-4-8(10)11(15)18/h3-5,9H,6H2,1-2H3,(H2,15,18)(H,16,17). The van der Waals surface area contributed by atoms with Crippen molar-refractivity contribution in [3.8, 4) is 0 Å². The van der Waals surface area contributed by atoms with Gasteiger partial charge in [0.2, 0.25) is 5.91 Å². The first-order valence-electron chi connectivity index (χ1n) is 5.71. The Kier molecular flexibility index (Phi) is 3.34. The Morgan fingerprint density at radius 1 is 1.56 bits per heavy atom. The molecule has 1 atom stereocenters. The summed E-state index contributed by atoms with van der Waals surface area (Å²) in [5, 5.41) is 3.40. The summed E-state index contributed by atoms with van der Waals surface area (Å²) in [7, 11) is 0. The maximum absolute atomic E-state index is 12.0. The van der Waals surface area contributed by atoms with Crippen molar-refractivity contribution in [3.05, 3.63) is 28.8 Å². The fourth-order valence-electron chi connectivity index (χ4n) is 1.97. The van der Waals surface area contributed by atoms with E-state index in [1.165, 1.54) is 0 Å². The van der Waals surface area contributed by atoms with Gasteiger partial charge < -0.3 is 11.1 Å². The third kappa shape index (κ3) is 2.65. The minimum absolute atomic E-state index is 0.000216. The quantitative estimate of drug-likeness (QED) is 0.838. The molecule has 0 heterocycles. The van der Waals surface area contributed by atoms with Gasteiger partial charge in [0, 0.05) is 16.5 Å². The van der Waals surface area contributed by atoms with E-state index in [1.807, 2.05) is 0 Å². The van der Waals surface area contributed by atoms with E-state index >= 15 is 0 Å². The van der Waals surface area contributed by atoms with E-state index < -0.39 is 0 Å². The first-order chi connectivity index (χ1) is 8.31. The zero-order valence-corrected chi connectivity index (χ0v) is 11.9. The number of carbonyl (C=O) groups excluding carboxylic acids is 1. The van der Waals surface area contributed by atoms with Crippen molar-refractivity contribution in [2.75, 3.05) is 5.32 Å². The highest BCUT2D eigenvalue weighted by Gasteiger charge is 2.50. The molecule has 1 fully saturated rings. The summed E-state index contributed by atoms with van der Waals surface area (Å²) < 4.78 is 0. The topological polar surface area (TPSA) is 55.1 Å². The summed E-state index contributed by atoms with van der Waals surface area (Å²) in [6.45, 7) is 4.15. The Bertz CT molecular complexity index is 528. The number of hydrogen-bond acceptors (Lipinski definition) is 2. The summed E-state index contributed by atoms with van der Waals surface area (Å²) in [6, 6.07) is 5.09. The summed E-state index contributed by atoms with van der Waals surface area (Å²) in [5.74, 6) is 0.0513. The first kappa shape index (κ1) is 13.3. The van der Waals surface area contributed by atoms with Crippen molar-refractivity contribution in [2.24, 2.45) is 17.1 Å². The molecule has 1 aliphatic rings. The van der Waals surface area contributed by atoms with Crippen LogP contribution in [0.5, 0.6) is 0 Å². The third-order valence-electron chi connectivity index (χ3n) is 3.33. The van der Waals surface area contributed by atoms with E-state index in [2.05, 4.69) is 19.2 Å². The van der Waals surface area contributed by atoms with Crippen LogP contribution in [0, 0.1) is 11.3 Å². The zero-order valence-electron chi connectivity index (χ0n) is 10.3. The molecule has 1 aromatic carbocycles. The van der Waals surface area contributed by atoms with E-state index in [0.717, 1.165) is 6.42 Å². The molecule has 0 bridgehead atoms. The maximum atomic E-state index is 12.0. The number of halogens is 1. The first-order valence-corrected chi connectivity index (χ1v) is 6.50. The molecule has 2 rings (SSSR count). The second kappa shape index (κ2) is 4.52. The summed E-state index contributed by atoms with van der Waals surface area (Å²) >= 11 is 10.9. The largest absolute Gasteiger partial charge is 0.389 e. The molecule has 1 aliphatic carbocycles. The molecular weight excluding hydrogens is 268 g/mol. The number of hydrogen-bond donors (Lipinski definition) is 2. The van der Waals surface area contributed by atoms with Crippen LogP contribution in [0.4, 0.5) is 5.69 Å². The lowest BCUT2D eigenvalue weighted by Gasteiger charge is -2.11. The van der Waals surface area contributed by atoms with E-state index in [1.54, 1.807) is 18.2 Å². The zero-order chi connectivity index (χ0) is 13.5. The highest BCUT2D eigenvalue weighted by molar-refractivity contribution is 7.80. The van der Waals surface area contributed by atoms with Gasteiger partial charge in [0.05, 0.1) is 5.69 Å². The second-order valence-corrected chi connectivity index (χ2v) is 6.16. The number of carbonyl (C=O) groups is 1. The Labute approximate surface area is 117 Å². The predicted octanol–water partition coefficient (Wildman–Crippen LogP) is 2.96. The van der Waals surface area contributed by atoms with Gasteiger partial charge in [-0.2, -0.15) is 0 Å². The molecule has 1 aromatic rings. The molecule has 0 radical (unpaired) electrons. The number of amides is 1. The average molecular weight is 283 g/mol. The molecule has 0 aromatic heterocycles. The van der Waals surface area contributed by atoms with Gasteiger partial charge >= 0.3 is 0 Å². The highest BCUT2D eigenvalue weighted by Crippen LogP contribution is 2.52. The van der Waals surface area contributed by atoms with Crippen LogP contribution in [0.15, 0.2) is 18.2 Å². The van der Waals surface area contributed by atoms with Crippen molar-refractivity contribution in [1.29, 1.82) is 0 Å². The molecular formula is C13H15ClN2OS. The summed E-state index contributed by atoms with van der Waals surface area (Å²) in [4.78, 5) is 12.3. The van der Waals surface area contributed by atoms with Crippen LogP contribution in [0.25, 0.3) is 0 Å². The van der Waals surface area contributed by atoms with Gasteiger partial charge in [-0.05, 0) is 30.0 Å². The van der Waals surface area contributed by atoms with Crippen LogP contribution in [0.3, 0.4) is 0 Å². The summed E-state index contributed by atoms with van der Waals surface area (Å²) in [6.07, 6.45) is 0.905. The molecule has 1 unspecified atom stereocenters. The minimum atomic E-state index is -0.000216. The summed E-state index contributed by atoms with van der Waals surface area (Å²) in [5.41, 5.74) is 6.94. The number of anilines is 1. The normalized spacial score (nSPS) is 20.3. The molecule has 0 spiro atoms. The van der Waals surface area contributed by atoms with Crippen molar-refractivity contribution >= 4 is 40.4 Å². The van der Waals surface area contributed by atoms with Crippen LogP contribution < -0.4 is 11.1 Å². The van der Waals surface area contributed by atoms with Crippen LogP contribution in [-0.2, 0) is 4.79 Å². The number of nitrogens with two attached hydrogens (primary N) is 1. The average Bonchev–Trinajstić information content (AvgIpc) is 2.87. The molecule has 3 nitrogen and oxygen atoms in total. The molecule has 0 aliphatic heterocycles.